The number of fused-ring (bicyclic) bond motifs is 3. The topological polar surface area (TPSA) is 68.4 Å². The second-order valence-corrected chi connectivity index (χ2v) is 9.68. The molecule has 0 spiro atoms. The largest absolute Gasteiger partial charge is 0.455 e. The average molecular weight is 428 g/mol. The van der Waals surface area contributed by atoms with Crippen LogP contribution in [0.25, 0.3) is 10.9 Å². The van der Waals surface area contributed by atoms with E-state index in [1.807, 2.05) is 42.5 Å². The van der Waals surface area contributed by atoms with Crippen LogP contribution in [0, 0.1) is 0 Å². The fraction of sp³-hybridized carbons (Fsp3) is 0.417. The van der Waals surface area contributed by atoms with Crippen molar-refractivity contribution in [2.24, 2.45) is 0 Å². The number of para-hydroxylation sites is 2. The summed E-state index contributed by atoms with van der Waals surface area (Å²) in [4.78, 5) is 3.51. The normalized spacial score (nSPS) is 16.5. The first-order chi connectivity index (χ1) is 14.6. The molecule has 0 amide bonds. The van der Waals surface area contributed by atoms with Gasteiger partial charge in [0.2, 0.25) is 0 Å². The summed E-state index contributed by atoms with van der Waals surface area (Å²) < 4.78 is 36.4. The van der Waals surface area contributed by atoms with Crippen molar-refractivity contribution in [3.8, 4) is 11.5 Å². The van der Waals surface area contributed by atoms with Gasteiger partial charge in [-0.1, -0.05) is 56.5 Å². The molecule has 0 saturated heterocycles. The van der Waals surface area contributed by atoms with E-state index in [1.165, 1.54) is 0 Å². The van der Waals surface area contributed by atoms with Crippen LogP contribution in [0.4, 0.5) is 0 Å². The molecule has 1 atom stereocenters. The maximum Gasteiger partial charge on any atom is 0.267 e. The van der Waals surface area contributed by atoms with Crippen molar-refractivity contribution < 1.29 is 17.3 Å². The molecule has 0 fully saturated rings. The van der Waals surface area contributed by atoms with Crippen molar-refractivity contribution in [2.75, 3.05) is 5.75 Å². The van der Waals surface area contributed by atoms with E-state index in [2.05, 4.69) is 18.0 Å². The number of H-pyrrole nitrogens is 1. The molecule has 0 aliphatic heterocycles. The summed E-state index contributed by atoms with van der Waals surface area (Å²) in [7, 11) is -3.48. The van der Waals surface area contributed by atoms with E-state index in [1.54, 1.807) is 0 Å². The molecule has 0 radical (unpaired) electrons. The zero-order chi connectivity index (χ0) is 21.0. The number of nitrogens with one attached hydrogen (secondary N) is 1. The van der Waals surface area contributed by atoms with Crippen molar-refractivity contribution in [2.45, 2.75) is 58.0 Å². The maximum atomic E-state index is 12.4. The Morgan fingerprint density at radius 1 is 1.03 bits per heavy atom. The van der Waals surface area contributed by atoms with E-state index in [-0.39, 0.29) is 11.9 Å². The Kier molecular flexibility index (Phi) is 6.44. The molecule has 1 N–H and O–H groups in total. The van der Waals surface area contributed by atoms with Crippen LogP contribution in [0.1, 0.15) is 50.3 Å². The number of aryl methyl sites for hydroxylation is 1. The number of benzene rings is 2. The van der Waals surface area contributed by atoms with Crippen molar-refractivity contribution in [1.29, 1.82) is 0 Å². The van der Waals surface area contributed by atoms with Gasteiger partial charge in [0.15, 0.2) is 5.75 Å². The van der Waals surface area contributed by atoms with Gasteiger partial charge in [-0.3, -0.25) is 4.18 Å². The number of aromatic amines is 1. The SMILES string of the molecule is CCCCCCS(=O)(=O)OC1CCc2[nH]c3c(Oc4ccccc4)cccc3c2C1. The van der Waals surface area contributed by atoms with E-state index < -0.39 is 10.1 Å². The number of rotatable bonds is 9. The lowest BCUT2D eigenvalue weighted by atomic mass is 9.93. The Hall–Kier alpha value is -2.31. The van der Waals surface area contributed by atoms with Gasteiger partial charge >= 0.3 is 0 Å². The Balaban J connectivity index is 1.50. The maximum absolute atomic E-state index is 12.4. The van der Waals surface area contributed by atoms with Crippen molar-refractivity contribution in [1.82, 2.24) is 4.98 Å². The first-order valence-corrected chi connectivity index (χ1v) is 12.4. The fourth-order valence-electron chi connectivity index (χ4n) is 4.13. The van der Waals surface area contributed by atoms with E-state index >= 15 is 0 Å². The standard InChI is InChI=1S/C24H29NO4S/c1-2-3-4-8-16-30(26,27)29-19-14-15-22-21(17-19)20-12-9-13-23(24(20)25-22)28-18-10-6-5-7-11-18/h5-7,9-13,19,25H,2-4,8,14-17H2,1H3. The number of aromatic nitrogens is 1. The first-order valence-electron chi connectivity index (χ1n) is 10.8. The molecule has 1 aliphatic rings. The molecule has 160 valence electrons. The summed E-state index contributed by atoms with van der Waals surface area (Å²) in [5, 5.41) is 1.08. The van der Waals surface area contributed by atoms with Crippen LogP contribution in [0.2, 0.25) is 0 Å². The number of hydrogen-bond acceptors (Lipinski definition) is 4. The van der Waals surface area contributed by atoms with E-state index in [0.717, 1.165) is 59.3 Å². The molecule has 2 aromatic carbocycles. The minimum absolute atomic E-state index is 0.110. The van der Waals surface area contributed by atoms with E-state index in [9.17, 15) is 8.42 Å². The summed E-state index contributed by atoms with van der Waals surface area (Å²) in [6.07, 6.45) is 5.51. The summed E-state index contributed by atoms with van der Waals surface area (Å²) in [6, 6.07) is 15.7. The molecule has 6 heteroatoms. The second kappa shape index (κ2) is 9.23. The van der Waals surface area contributed by atoms with Crippen LogP contribution in [0.5, 0.6) is 11.5 Å². The Bertz CT molecular complexity index is 1090. The molecule has 3 aromatic rings. The summed E-state index contributed by atoms with van der Waals surface area (Å²) in [5.41, 5.74) is 3.24. The molecule has 1 unspecified atom stereocenters. The van der Waals surface area contributed by atoms with Gasteiger partial charge in [0.25, 0.3) is 10.1 Å². The third-order valence-electron chi connectivity index (χ3n) is 5.64. The minimum atomic E-state index is -3.48. The highest BCUT2D eigenvalue weighted by molar-refractivity contribution is 7.86. The molecule has 5 nitrogen and oxygen atoms in total. The van der Waals surface area contributed by atoms with Crippen molar-refractivity contribution in [3.63, 3.8) is 0 Å². The van der Waals surface area contributed by atoms with Gasteiger partial charge in [-0.15, -0.1) is 0 Å². The Morgan fingerprint density at radius 3 is 2.67 bits per heavy atom. The third kappa shape index (κ3) is 4.87. The molecule has 1 heterocycles. The fourth-order valence-corrected chi connectivity index (χ4v) is 5.36. The van der Waals surface area contributed by atoms with Crippen molar-refractivity contribution in [3.05, 3.63) is 59.8 Å². The van der Waals surface area contributed by atoms with Gasteiger partial charge in [-0.2, -0.15) is 8.42 Å². The number of unbranched alkanes of at least 4 members (excludes halogenated alkanes) is 3. The lowest BCUT2D eigenvalue weighted by Crippen LogP contribution is -2.26. The van der Waals surface area contributed by atoms with Gasteiger partial charge < -0.3 is 9.72 Å². The molecule has 0 saturated carbocycles. The van der Waals surface area contributed by atoms with E-state index in [4.69, 9.17) is 8.92 Å². The highest BCUT2D eigenvalue weighted by Crippen LogP contribution is 2.36. The van der Waals surface area contributed by atoms with Crippen LogP contribution < -0.4 is 4.74 Å². The van der Waals surface area contributed by atoms with Gasteiger partial charge in [-0.25, -0.2) is 0 Å². The molecule has 0 bridgehead atoms. The van der Waals surface area contributed by atoms with Crippen LogP contribution in [-0.2, 0) is 27.1 Å². The highest BCUT2D eigenvalue weighted by Gasteiger charge is 2.27. The minimum Gasteiger partial charge on any atom is -0.455 e. The summed E-state index contributed by atoms with van der Waals surface area (Å²) in [6.45, 7) is 2.11. The number of ether oxygens (including phenoxy) is 1. The second-order valence-electron chi connectivity index (χ2n) is 7.96. The Morgan fingerprint density at radius 2 is 1.87 bits per heavy atom. The zero-order valence-electron chi connectivity index (χ0n) is 17.4. The predicted molar refractivity (Wildman–Crippen MR) is 120 cm³/mol. The lowest BCUT2D eigenvalue weighted by Gasteiger charge is -2.22. The van der Waals surface area contributed by atoms with Crippen LogP contribution in [-0.4, -0.2) is 25.3 Å². The van der Waals surface area contributed by atoms with Crippen molar-refractivity contribution >= 4 is 21.0 Å². The van der Waals surface area contributed by atoms with Gasteiger partial charge in [-0.05, 0) is 43.0 Å². The molecule has 1 aliphatic carbocycles. The highest BCUT2D eigenvalue weighted by atomic mass is 32.2. The van der Waals surface area contributed by atoms with Crippen LogP contribution >= 0.6 is 0 Å². The smallest absolute Gasteiger partial charge is 0.267 e. The Labute approximate surface area is 178 Å². The molecular formula is C24H29NO4S. The number of hydrogen-bond donors (Lipinski definition) is 1. The molecular weight excluding hydrogens is 398 g/mol. The quantitative estimate of drug-likeness (QED) is 0.349. The molecule has 4 rings (SSSR count). The average Bonchev–Trinajstić information content (AvgIpc) is 3.11. The summed E-state index contributed by atoms with van der Waals surface area (Å²) in [5.74, 6) is 1.67. The first kappa shape index (κ1) is 20.9. The van der Waals surface area contributed by atoms with E-state index in [0.29, 0.717) is 19.3 Å². The zero-order valence-corrected chi connectivity index (χ0v) is 18.2. The summed E-state index contributed by atoms with van der Waals surface area (Å²) >= 11 is 0. The van der Waals surface area contributed by atoms with Gasteiger partial charge in [0, 0.05) is 17.5 Å². The lowest BCUT2D eigenvalue weighted by molar-refractivity contribution is 0.192. The van der Waals surface area contributed by atoms with Crippen LogP contribution in [0.3, 0.4) is 0 Å². The molecule has 30 heavy (non-hydrogen) atoms. The van der Waals surface area contributed by atoms with Gasteiger partial charge in [0.1, 0.15) is 5.75 Å². The molecule has 1 aromatic heterocycles. The van der Waals surface area contributed by atoms with Gasteiger partial charge in [0.05, 0.1) is 17.4 Å². The monoisotopic (exact) mass is 427 g/mol. The predicted octanol–water partition coefficient (Wildman–Crippen LogP) is 5.74. The van der Waals surface area contributed by atoms with Crippen LogP contribution in [0.15, 0.2) is 48.5 Å². The third-order valence-corrected chi connectivity index (χ3v) is 7.00.